The Bertz CT molecular complexity index is 1280. The van der Waals surface area contributed by atoms with Crippen molar-refractivity contribution in [2.24, 2.45) is 0 Å². The van der Waals surface area contributed by atoms with Crippen LogP contribution in [0, 0.1) is 5.82 Å². The van der Waals surface area contributed by atoms with Gasteiger partial charge in [-0.05, 0) is 41.8 Å². The Kier molecular flexibility index (Phi) is 8.29. The van der Waals surface area contributed by atoms with Crippen molar-refractivity contribution in [3.63, 3.8) is 0 Å². The van der Waals surface area contributed by atoms with Gasteiger partial charge in [0.25, 0.3) is 0 Å². The summed E-state index contributed by atoms with van der Waals surface area (Å²) in [5.74, 6) is 1.70. The number of carbonyl (C=O) groups is 1. The fraction of sp³-hybridized carbons (Fsp3) is 0.346. The molecule has 192 valence electrons. The van der Waals surface area contributed by atoms with Gasteiger partial charge in [-0.3, -0.25) is 14.6 Å². The summed E-state index contributed by atoms with van der Waals surface area (Å²) in [5, 5.41) is 11.3. The number of benzene rings is 2. The lowest BCUT2D eigenvalue weighted by Crippen LogP contribution is -2.20. The minimum Gasteiger partial charge on any atom is -0.493 e. The van der Waals surface area contributed by atoms with Crippen molar-refractivity contribution in [1.29, 1.82) is 0 Å². The molecule has 4 rings (SSSR count). The van der Waals surface area contributed by atoms with E-state index in [1.165, 1.54) is 12.1 Å². The van der Waals surface area contributed by atoms with Gasteiger partial charge in [-0.15, -0.1) is 0 Å². The zero-order valence-electron chi connectivity index (χ0n) is 20.7. The summed E-state index contributed by atoms with van der Waals surface area (Å²) in [6, 6.07) is 12.3. The Labute approximate surface area is 208 Å². The zero-order chi connectivity index (χ0) is 25.5. The van der Waals surface area contributed by atoms with Crippen LogP contribution in [0.4, 0.5) is 15.9 Å². The lowest BCUT2D eigenvalue weighted by atomic mass is 10.2. The zero-order valence-corrected chi connectivity index (χ0v) is 20.7. The summed E-state index contributed by atoms with van der Waals surface area (Å²) in [5.41, 5.74) is 2.50. The smallest absolute Gasteiger partial charge is 0.222 e. The summed E-state index contributed by atoms with van der Waals surface area (Å²) >= 11 is 0. The van der Waals surface area contributed by atoms with E-state index < -0.39 is 0 Å². The molecule has 0 fully saturated rings. The van der Waals surface area contributed by atoms with Gasteiger partial charge in [0.2, 0.25) is 5.91 Å². The second kappa shape index (κ2) is 11.8. The second-order valence-electron chi connectivity index (χ2n) is 8.12. The third kappa shape index (κ3) is 5.72. The quantitative estimate of drug-likeness (QED) is 0.240. The highest BCUT2D eigenvalue weighted by molar-refractivity contribution is 6.05. The molecular formula is C26H31FN4O5. The Balaban J connectivity index is 1.51. The Hall–Kier alpha value is -3.76. The second-order valence-corrected chi connectivity index (χ2v) is 8.12. The normalized spacial score (nSPS) is 11.2. The van der Waals surface area contributed by atoms with E-state index in [9.17, 15) is 9.18 Å². The number of fused-ring (bicyclic) bond motifs is 3. The van der Waals surface area contributed by atoms with Gasteiger partial charge < -0.3 is 29.6 Å². The van der Waals surface area contributed by atoms with Gasteiger partial charge in [0.1, 0.15) is 11.6 Å². The van der Waals surface area contributed by atoms with E-state index in [4.69, 9.17) is 18.9 Å². The number of aromatic nitrogens is 2. The molecule has 1 amide bonds. The van der Waals surface area contributed by atoms with E-state index >= 15 is 0 Å². The minimum absolute atomic E-state index is 0.0557. The molecule has 9 nitrogen and oxygen atoms in total. The number of carbonyl (C=O) groups excluding carboxylic acids is 1. The molecule has 1 aliphatic heterocycles. The Morgan fingerprint density at radius 2 is 1.75 bits per heavy atom. The number of H-pyrrole nitrogens is 1. The van der Waals surface area contributed by atoms with E-state index in [0.717, 1.165) is 27.8 Å². The number of anilines is 2. The van der Waals surface area contributed by atoms with Crippen molar-refractivity contribution in [3.05, 3.63) is 48.3 Å². The number of nitrogens with one attached hydrogen (secondary N) is 3. The van der Waals surface area contributed by atoms with Crippen LogP contribution in [0.15, 0.2) is 42.5 Å². The van der Waals surface area contributed by atoms with Crippen LogP contribution < -0.4 is 20.1 Å². The lowest BCUT2D eigenvalue weighted by Gasteiger charge is -2.12. The van der Waals surface area contributed by atoms with Crippen molar-refractivity contribution in [1.82, 2.24) is 15.1 Å². The summed E-state index contributed by atoms with van der Waals surface area (Å²) < 4.78 is 37.9. The summed E-state index contributed by atoms with van der Waals surface area (Å²) in [7, 11) is 4.81. The van der Waals surface area contributed by atoms with E-state index in [1.54, 1.807) is 27.3 Å². The maximum Gasteiger partial charge on any atom is 0.222 e. The largest absolute Gasteiger partial charge is 0.493 e. The van der Waals surface area contributed by atoms with Crippen LogP contribution in [0.3, 0.4) is 0 Å². The van der Waals surface area contributed by atoms with Gasteiger partial charge >= 0.3 is 0 Å². The highest BCUT2D eigenvalue weighted by Gasteiger charge is 2.22. The molecule has 1 heterocycles. The van der Waals surface area contributed by atoms with Gasteiger partial charge in [0.15, 0.2) is 11.5 Å². The van der Waals surface area contributed by atoms with Gasteiger partial charge in [-0.2, -0.15) is 0 Å². The van der Waals surface area contributed by atoms with E-state index in [0.29, 0.717) is 56.6 Å². The summed E-state index contributed by atoms with van der Waals surface area (Å²) in [4.78, 5) is 11.2. The first-order chi connectivity index (χ1) is 17.5. The van der Waals surface area contributed by atoms with Crippen LogP contribution in [-0.4, -0.2) is 63.4 Å². The number of hydrogen-bond acceptors (Lipinski definition) is 6. The maximum absolute atomic E-state index is 13.8. The summed E-state index contributed by atoms with van der Waals surface area (Å²) in [6.45, 7) is 2.12. The van der Waals surface area contributed by atoms with Crippen molar-refractivity contribution in [2.45, 2.75) is 13.0 Å². The van der Waals surface area contributed by atoms with Gasteiger partial charge in [0.05, 0.1) is 52.9 Å². The molecule has 3 N–H and O–H groups in total. The third-order valence-corrected chi connectivity index (χ3v) is 5.84. The molecule has 0 spiro atoms. The molecule has 2 aromatic rings. The predicted octanol–water partition coefficient (Wildman–Crippen LogP) is 4.14. The van der Waals surface area contributed by atoms with E-state index in [1.807, 2.05) is 22.9 Å². The molecular weight excluding hydrogens is 467 g/mol. The average Bonchev–Trinajstić information content (AvgIpc) is 3.40. The van der Waals surface area contributed by atoms with Crippen LogP contribution in [0.1, 0.15) is 6.42 Å². The number of aromatic amines is 1. The molecule has 0 aromatic heterocycles. The van der Waals surface area contributed by atoms with Crippen molar-refractivity contribution < 1.29 is 28.1 Å². The van der Waals surface area contributed by atoms with Gasteiger partial charge in [0, 0.05) is 30.1 Å². The first kappa shape index (κ1) is 25.3. The van der Waals surface area contributed by atoms with Crippen LogP contribution in [0.5, 0.6) is 11.5 Å². The third-order valence-electron chi connectivity index (χ3n) is 5.84. The van der Waals surface area contributed by atoms with Crippen molar-refractivity contribution in [2.75, 3.05) is 53.0 Å². The number of methoxy groups -OCH3 is 2. The number of hydrogen-bond donors (Lipinski definition) is 3. The number of amides is 1. The first-order valence-corrected chi connectivity index (χ1v) is 11.7. The number of nitrogens with zero attached hydrogens (tertiary/aromatic N) is 1. The molecule has 0 unspecified atom stereocenters. The molecule has 0 atom stereocenters. The molecule has 10 heteroatoms. The molecule has 2 aromatic carbocycles. The fourth-order valence-corrected chi connectivity index (χ4v) is 4.02. The predicted molar refractivity (Wildman–Crippen MR) is 136 cm³/mol. The molecule has 0 saturated heterocycles. The standard InChI is InChI=1S/C26H31FN4O5/c1-28-24(32)7-9-35-11-12-36-10-8-31-26(29-19-6-4-5-18(27)15-19)21-13-17-14-22(33-2)23(34-3)16-20(17)25(21)30-31/h4-6,13-16,29-30H,7-12H2,1-3H3,(H,28,32). The Morgan fingerprint density at radius 1 is 1.00 bits per heavy atom. The molecule has 0 bridgehead atoms. The minimum atomic E-state index is -0.319. The number of ether oxygens (including phenoxy) is 4. The van der Waals surface area contributed by atoms with Gasteiger partial charge in [-0.25, -0.2) is 4.39 Å². The van der Waals surface area contributed by atoms with Crippen LogP contribution in [0.2, 0.25) is 0 Å². The monoisotopic (exact) mass is 498 g/mol. The topological polar surface area (TPSA) is 98.8 Å². The molecule has 0 radical (unpaired) electrons. The highest BCUT2D eigenvalue weighted by Crippen LogP contribution is 2.43. The highest BCUT2D eigenvalue weighted by atomic mass is 19.1. The molecule has 36 heavy (non-hydrogen) atoms. The number of halogens is 1. The Morgan fingerprint density at radius 3 is 2.47 bits per heavy atom. The fourth-order valence-electron chi connectivity index (χ4n) is 4.02. The average molecular weight is 499 g/mol. The maximum atomic E-state index is 13.8. The van der Waals surface area contributed by atoms with Crippen molar-refractivity contribution >= 4 is 28.2 Å². The van der Waals surface area contributed by atoms with E-state index in [2.05, 4.69) is 21.8 Å². The van der Waals surface area contributed by atoms with Crippen molar-refractivity contribution in [3.8, 4) is 22.8 Å². The first-order valence-electron chi connectivity index (χ1n) is 11.7. The van der Waals surface area contributed by atoms with Crippen LogP contribution in [-0.2, 0) is 20.8 Å². The molecule has 0 saturated carbocycles. The molecule has 1 aliphatic carbocycles. The SMILES string of the molecule is CNC(=O)CCOCCOCCn1[nH]c2c3cc(OC)c(OC)cc3cc-2c1Nc1cccc(F)c1. The molecule has 2 aliphatic rings. The van der Waals surface area contributed by atoms with Crippen LogP contribution in [0.25, 0.3) is 22.0 Å². The van der Waals surface area contributed by atoms with Crippen LogP contribution >= 0.6 is 0 Å². The van der Waals surface area contributed by atoms with E-state index in [-0.39, 0.29) is 11.7 Å². The number of rotatable bonds is 13. The summed E-state index contributed by atoms with van der Waals surface area (Å²) in [6.07, 6.45) is 0.324. The lowest BCUT2D eigenvalue weighted by molar-refractivity contribution is -0.121. The van der Waals surface area contributed by atoms with Gasteiger partial charge in [-0.1, -0.05) is 6.07 Å².